The lowest BCUT2D eigenvalue weighted by Gasteiger charge is -2.20. The monoisotopic (exact) mass is 355 g/mol. The summed E-state index contributed by atoms with van der Waals surface area (Å²) in [4.78, 5) is 12.3. The minimum Gasteiger partial charge on any atom is -0.383 e. The molecule has 0 saturated carbocycles. The van der Waals surface area contributed by atoms with Gasteiger partial charge < -0.3 is 15.4 Å². The van der Waals surface area contributed by atoms with Gasteiger partial charge in [0, 0.05) is 26.2 Å². The molecule has 0 aromatic heterocycles. The van der Waals surface area contributed by atoms with Crippen molar-refractivity contribution in [3.63, 3.8) is 0 Å². The summed E-state index contributed by atoms with van der Waals surface area (Å²) in [5, 5.41) is 5.66. The molecule has 2 rings (SSSR count). The molecule has 8 heteroatoms. The van der Waals surface area contributed by atoms with Gasteiger partial charge in [-0.15, -0.1) is 0 Å². The van der Waals surface area contributed by atoms with Crippen LogP contribution in [0.4, 0.5) is 4.79 Å². The van der Waals surface area contributed by atoms with Crippen LogP contribution in [-0.4, -0.2) is 51.6 Å². The van der Waals surface area contributed by atoms with Crippen LogP contribution in [0.2, 0.25) is 0 Å². The van der Waals surface area contributed by atoms with Crippen molar-refractivity contribution >= 4 is 16.1 Å². The summed E-state index contributed by atoms with van der Waals surface area (Å²) in [7, 11) is -2.06. The van der Waals surface area contributed by atoms with Crippen LogP contribution in [0.3, 0.4) is 0 Å². The Morgan fingerprint density at radius 1 is 1.38 bits per heavy atom. The topological polar surface area (TPSA) is 87.7 Å². The number of fused-ring (bicyclic) bond motifs is 1. The maximum absolute atomic E-state index is 12.9. The van der Waals surface area contributed by atoms with Gasteiger partial charge in [0.1, 0.15) is 0 Å². The van der Waals surface area contributed by atoms with Crippen LogP contribution in [0.1, 0.15) is 31.9 Å². The molecule has 1 heterocycles. The highest BCUT2D eigenvalue weighted by atomic mass is 32.2. The number of urea groups is 1. The molecule has 1 aromatic rings. The van der Waals surface area contributed by atoms with E-state index in [-0.39, 0.29) is 29.6 Å². The van der Waals surface area contributed by atoms with Gasteiger partial charge in [-0.05, 0) is 31.9 Å². The third kappa shape index (κ3) is 4.25. The Balaban J connectivity index is 2.32. The molecule has 0 aliphatic carbocycles. The molecule has 2 amide bonds. The van der Waals surface area contributed by atoms with E-state index in [0.29, 0.717) is 25.1 Å². The first-order chi connectivity index (χ1) is 11.4. The lowest BCUT2D eigenvalue weighted by molar-refractivity contribution is 0.178. The van der Waals surface area contributed by atoms with Gasteiger partial charge in [-0.25, -0.2) is 13.2 Å². The van der Waals surface area contributed by atoms with Gasteiger partial charge in [0.15, 0.2) is 0 Å². The van der Waals surface area contributed by atoms with Gasteiger partial charge in [0.25, 0.3) is 0 Å². The molecule has 1 aliphatic rings. The molecule has 0 radical (unpaired) electrons. The Kier molecular flexibility index (Phi) is 6.20. The quantitative estimate of drug-likeness (QED) is 0.837. The summed E-state index contributed by atoms with van der Waals surface area (Å²) in [6, 6.07) is 6.18. The first-order valence-electron chi connectivity index (χ1n) is 8.01. The second kappa shape index (κ2) is 7.96. The van der Waals surface area contributed by atoms with Gasteiger partial charge in [-0.1, -0.05) is 18.2 Å². The van der Waals surface area contributed by atoms with E-state index >= 15 is 0 Å². The van der Waals surface area contributed by atoms with E-state index in [9.17, 15) is 13.2 Å². The van der Waals surface area contributed by atoms with Crippen molar-refractivity contribution in [1.29, 1.82) is 0 Å². The number of nitrogens with zero attached hydrogens (tertiary/aromatic N) is 1. The number of hydrogen-bond acceptors (Lipinski definition) is 4. The van der Waals surface area contributed by atoms with E-state index in [2.05, 4.69) is 10.6 Å². The SMILES string of the molecule is COCCN1CC[C@H](NC(=O)NC(C)C)c2ccccc2S1(=O)=O. The fourth-order valence-electron chi connectivity index (χ4n) is 2.73. The van der Waals surface area contributed by atoms with Crippen molar-refractivity contribution in [3.05, 3.63) is 29.8 Å². The maximum Gasteiger partial charge on any atom is 0.315 e. The van der Waals surface area contributed by atoms with E-state index in [4.69, 9.17) is 4.74 Å². The molecule has 1 aliphatic heterocycles. The summed E-state index contributed by atoms with van der Waals surface area (Å²) in [5.41, 5.74) is 0.622. The Hall–Kier alpha value is -1.64. The molecule has 0 bridgehead atoms. The third-order valence-electron chi connectivity index (χ3n) is 3.85. The smallest absolute Gasteiger partial charge is 0.315 e. The molecule has 0 saturated heterocycles. The fraction of sp³-hybridized carbons (Fsp3) is 0.562. The zero-order valence-corrected chi connectivity index (χ0v) is 15.1. The maximum atomic E-state index is 12.9. The lowest BCUT2D eigenvalue weighted by atomic mass is 10.0. The molecular formula is C16H25N3O4S. The Labute approximate surface area is 143 Å². The second-order valence-corrected chi connectivity index (χ2v) is 7.95. The number of methoxy groups -OCH3 is 1. The van der Waals surface area contributed by atoms with Crippen molar-refractivity contribution in [3.8, 4) is 0 Å². The van der Waals surface area contributed by atoms with Gasteiger partial charge in [0.05, 0.1) is 17.5 Å². The molecule has 7 nitrogen and oxygen atoms in total. The van der Waals surface area contributed by atoms with Gasteiger partial charge in [-0.3, -0.25) is 0 Å². The molecule has 0 fully saturated rings. The van der Waals surface area contributed by atoms with Crippen molar-refractivity contribution in [2.45, 2.75) is 37.2 Å². The minimum atomic E-state index is -3.60. The number of sulfonamides is 1. The zero-order chi connectivity index (χ0) is 17.7. The van der Waals surface area contributed by atoms with Crippen LogP contribution in [-0.2, 0) is 14.8 Å². The first kappa shape index (κ1) is 18.7. The predicted octanol–water partition coefficient (Wildman–Crippen LogP) is 1.48. The summed E-state index contributed by atoms with van der Waals surface area (Å²) in [6.45, 7) is 4.69. The van der Waals surface area contributed by atoms with Crippen LogP contribution in [0.5, 0.6) is 0 Å². The molecule has 1 atom stereocenters. The number of hydrogen-bond donors (Lipinski definition) is 2. The van der Waals surface area contributed by atoms with Crippen LogP contribution >= 0.6 is 0 Å². The normalized spacial score (nSPS) is 20.2. The van der Waals surface area contributed by atoms with E-state index in [1.807, 2.05) is 13.8 Å². The van der Waals surface area contributed by atoms with Crippen molar-refractivity contribution in [1.82, 2.24) is 14.9 Å². The van der Waals surface area contributed by atoms with Crippen molar-refractivity contribution < 1.29 is 17.9 Å². The van der Waals surface area contributed by atoms with E-state index in [1.165, 1.54) is 4.31 Å². The average molecular weight is 355 g/mol. The Bertz CT molecular complexity index is 676. The summed E-state index contributed by atoms with van der Waals surface area (Å²) < 4.78 is 32.2. The van der Waals surface area contributed by atoms with Gasteiger partial charge >= 0.3 is 6.03 Å². The molecule has 134 valence electrons. The zero-order valence-electron chi connectivity index (χ0n) is 14.3. The van der Waals surface area contributed by atoms with Gasteiger partial charge in [0.2, 0.25) is 10.0 Å². The molecule has 0 spiro atoms. The highest BCUT2D eigenvalue weighted by Crippen LogP contribution is 2.31. The molecule has 24 heavy (non-hydrogen) atoms. The van der Waals surface area contributed by atoms with Crippen molar-refractivity contribution in [2.24, 2.45) is 0 Å². The number of carbonyl (C=O) groups is 1. The third-order valence-corrected chi connectivity index (χ3v) is 5.82. The second-order valence-electron chi connectivity index (χ2n) is 6.05. The van der Waals surface area contributed by atoms with Gasteiger partial charge in [-0.2, -0.15) is 4.31 Å². The van der Waals surface area contributed by atoms with Crippen LogP contribution in [0.25, 0.3) is 0 Å². The highest BCUT2D eigenvalue weighted by Gasteiger charge is 2.33. The summed E-state index contributed by atoms with van der Waals surface area (Å²) >= 11 is 0. The minimum absolute atomic E-state index is 0.00737. The molecule has 1 aromatic carbocycles. The Morgan fingerprint density at radius 3 is 2.75 bits per heavy atom. The van der Waals surface area contributed by atoms with Crippen LogP contribution in [0, 0.1) is 0 Å². The molecule has 2 N–H and O–H groups in total. The van der Waals surface area contributed by atoms with E-state index in [0.717, 1.165) is 0 Å². The standard InChI is InChI=1S/C16H25N3O4S/c1-12(2)17-16(20)18-14-8-9-19(10-11-23-3)24(21,22)15-7-5-4-6-13(14)15/h4-7,12,14H,8-11H2,1-3H3,(H2,17,18,20)/t14-/m0/s1. The van der Waals surface area contributed by atoms with E-state index in [1.54, 1.807) is 31.4 Å². The number of rotatable bonds is 5. The number of benzene rings is 1. The molecule has 0 unspecified atom stereocenters. The average Bonchev–Trinajstić information content (AvgIpc) is 2.61. The fourth-order valence-corrected chi connectivity index (χ4v) is 4.43. The number of nitrogens with one attached hydrogen (secondary N) is 2. The predicted molar refractivity (Wildman–Crippen MR) is 91.2 cm³/mol. The van der Waals surface area contributed by atoms with Crippen LogP contribution < -0.4 is 10.6 Å². The molecular weight excluding hydrogens is 330 g/mol. The summed E-state index contributed by atoms with van der Waals surface area (Å²) in [5.74, 6) is 0. The summed E-state index contributed by atoms with van der Waals surface area (Å²) in [6.07, 6.45) is 0.505. The first-order valence-corrected chi connectivity index (χ1v) is 9.45. The largest absolute Gasteiger partial charge is 0.383 e. The number of ether oxygens (including phenoxy) is 1. The van der Waals surface area contributed by atoms with E-state index < -0.39 is 10.0 Å². The van der Waals surface area contributed by atoms with Crippen LogP contribution in [0.15, 0.2) is 29.2 Å². The highest BCUT2D eigenvalue weighted by molar-refractivity contribution is 7.89. The lowest BCUT2D eigenvalue weighted by Crippen LogP contribution is -2.41. The van der Waals surface area contributed by atoms with Crippen molar-refractivity contribution in [2.75, 3.05) is 26.8 Å². The number of carbonyl (C=O) groups excluding carboxylic acids is 1. The Morgan fingerprint density at radius 2 is 2.08 bits per heavy atom. The number of amides is 2.